The number of nitrogens with one attached hydrogen (secondary N) is 2. The van der Waals surface area contributed by atoms with Crippen molar-refractivity contribution >= 4 is 29.0 Å². The highest BCUT2D eigenvalue weighted by molar-refractivity contribution is 6.33. The van der Waals surface area contributed by atoms with Crippen LogP contribution in [-0.4, -0.2) is 25.7 Å². The van der Waals surface area contributed by atoms with Crippen molar-refractivity contribution in [1.29, 1.82) is 0 Å². The minimum absolute atomic E-state index is 0.0574. The first-order chi connectivity index (χ1) is 13.2. The molecule has 0 saturated carbocycles. The molecule has 1 unspecified atom stereocenters. The van der Waals surface area contributed by atoms with Crippen LogP contribution in [0.3, 0.4) is 0 Å². The fourth-order valence-electron chi connectivity index (χ4n) is 3.79. The summed E-state index contributed by atoms with van der Waals surface area (Å²) in [6, 6.07) is 13.2. The second kappa shape index (κ2) is 8.09. The average Bonchev–Trinajstić information content (AvgIpc) is 2.69. The molecule has 2 aromatic rings. The molecule has 1 atom stereocenters. The number of hydrogen-bond acceptors (Lipinski definition) is 3. The maximum atomic E-state index is 12.5. The lowest BCUT2D eigenvalue weighted by molar-refractivity contribution is 0.232. The van der Waals surface area contributed by atoms with Gasteiger partial charge in [-0.25, -0.2) is 4.79 Å². The van der Waals surface area contributed by atoms with E-state index in [0.717, 1.165) is 36.5 Å². The van der Waals surface area contributed by atoms with Crippen LogP contribution in [0.4, 0.5) is 16.2 Å². The molecular weight excluding hydrogens is 362 g/mol. The first kappa shape index (κ1) is 18.0. The van der Waals surface area contributed by atoms with Gasteiger partial charge >= 0.3 is 6.03 Å². The standard InChI is InChI=1S/C21H24ClN3O2/c22-17-14-15(8-9-19(17)25-11-4-1-5-12-25)23-21(26)24-18-10-13-27-20-7-3-2-6-16(18)20/h2-3,6-9,14,18H,1,4-5,10-13H2,(H2,23,24,26). The van der Waals surface area contributed by atoms with Crippen LogP contribution in [-0.2, 0) is 0 Å². The van der Waals surface area contributed by atoms with Gasteiger partial charge in [0.2, 0.25) is 0 Å². The van der Waals surface area contributed by atoms with Crippen LogP contribution in [0.1, 0.15) is 37.3 Å². The number of fused-ring (bicyclic) bond motifs is 1. The SMILES string of the molecule is O=C(Nc1ccc(N2CCCCC2)c(Cl)c1)NC1CCOc2ccccc21. The molecule has 6 heteroatoms. The summed E-state index contributed by atoms with van der Waals surface area (Å²) in [5, 5.41) is 6.61. The zero-order valence-corrected chi connectivity index (χ0v) is 16.0. The highest BCUT2D eigenvalue weighted by atomic mass is 35.5. The summed E-state index contributed by atoms with van der Waals surface area (Å²) in [5.41, 5.74) is 2.75. The third-order valence-electron chi connectivity index (χ3n) is 5.17. The first-order valence-electron chi connectivity index (χ1n) is 9.54. The van der Waals surface area contributed by atoms with Crippen LogP contribution >= 0.6 is 11.6 Å². The van der Waals surface area contributed by atoms with Gasteiger partial charge in [0.1, 0.15) is 5.75 Å². The van der Waals surface area contributed by atoms with E-state index in [-0.39, 0.29) is 12.1 Å². The Kier molecular flexibility index (Phi) is 5.39. The van der Waals surface area contributed by atoms with Crippen molar-refractivity contribution in [3.05, 3.63) is 53.1 Å². The van der Waals surface area contributed by atoms with Gasteiger partial charge in [-0.15, -0.1) is 0 Å². The zero-order valence-electron chi connectivity index (χ0n) is 15.2. The second-order valence-corrected chi connectivity index (χ2v) is 7.45. The number of benzene rings is 2. The van der Waals surface area contributed by atoms with E-state index in [9.17, 15) is 4.79 Å². The largest absolute Gasteiger partial charge is 0.493 e. The van der Waals surface area contributed by atoms with E-state index in [0.29, 0.717) is 17.3 Å². The van der Waals surface area contributed by atoms with Gasteiger partial charge in [-0.1, -0.05) is 29.8 Å². The van der Waals surface area contributed by atoms with E-state index >= 15 is 0 Å². The summed E-state index contributed by atoms with van der Waals surface area (Å²) in [6.07, 6.45) is 4.43. The van der Waals surface area contributed by atoms with Gasteiger partial charge in [0.25, 0.3) is 0 Å². The summed E-state index contributed by atoms with van der Waals surface area (Å²) in [4.78, 5) is 14.8. The second-order valence-electron chi connectivity index (χ2n) is 7.04. The summed E-state index contributed by atoms with van der Waals surface area (Å²) in [6.45, 7) is 2.67. The van der Waals surface area contributed by atoms with Gasteiger partial charge in [-0.2, -0.15) is 0 Å². The minimum Gasteiger partial charge on any atom is -0.493 e. The third-order valence-corrected chi connectivity index (χ3v) is 5.47. The van der Waals surface area contributed by atoms with E-state index in [2.05, 4.69) is 15.5 Å². The molecule has 1 fully saturated rings. The Labute approximate surface area is 164 Å². The molecule has 4 rings (SSSR count). The van der Waals surface area contributed by atoms with Gasteiger partial charge in [0.15, 0.2) is 0 Å². The highest BCUT2D eigenvalue weighted by Crippen LogP contribution is 2.32. The quantitative estimate of drug-likeness (QED) is 0.783. The number of carbonyl (C=O) groups excluding carboxylic acids is 1. The molecule has 142 valence electrons. The number of hydrogen-bond donors (Lipinski definition) is 2. The minimum atomic E-state index is -0.238. The Morgan fingerprint density at radius 3 is 2.74 bits per heavy atom. The molecule has 0 aromatic heterocycles. The van der Waals surface area contributed by atoms with Gasteiger partial charge in [0.05, 0.1) is 23.4 Å². The van der Waals surface area contributed by atoms with Crippen LogP contribution < -0.4 is 20.3 Å². The van der Waals surface area contributed by atoms with Crippen molar-refractivity contribution < 1.29 is 9.53 Å². The monoisotopic (exact) mass is 385 g/mol. The zero-order chi connectivity index (χ0) is 18.6. The van der Waals surface area contributed by atoms with Crippen LogP contribution in [0.2, 0.25) is 5.02 Å². The number of piperidine rings is 1. The smallest absolute Gasteiger partial charge is 0.319 e. The van der Waals surface area contributed by atoms with Crippen molar-refractivity contribution in [2.75, 3.05) is 29.9 Å². The van der Waals surface area contributed by atoms with E-state index in [1.807, 2.05) is 42.5 Å². The average molecular weight is 386 g/mol. The molecule has 0 aliphatic carbocycles. The lowest BCUT2D eigenvalue weighted by Gasteiger charge is -2.29. The molecule has 0 spiro atoms. The van der Waals surface area contributed by atoms with Crippen LogP contribution in [0.5, 0.6) is 5.75 Å². The van der Waals surface area contributed by atoms with Gasteiger partial charge in [-0.05, 0) is 43.5 Å². The molecule has 2 heterocycles. The molecule has 2 aliphatic heterocycles. The van der Waals surface area contributed by atoms with Crippen LogP contribution in [0.15, 0.2) is 42.5 Å². The molecule has 2 aromatic carbocycles. The Morgan fingerprint density at radius 1 is 1.11 bits per heavy atom. The van der Waals surface area contributed by atoms with Gasteiger partial charge < -0.3 is 20.3 Å². The van der Waals surface area contributed by atoms with E-state index in [4.69, 9.17) is 16.3 Å². The molecule has 1 saturated heterocycles. The number of urea groups is 1. The van der Waals surface area contributed by atoms with Gasteiger partial charge in [-0.3, -0.25) is 0 Å². The van der Waals surface area contributed by atoms with Crippen molar-refractivity contribution in [3.8, 4) is 5.75 Å². The molecular formula is C21H24ClN3O2. The molecule has 27 heavy (non-hydrogen) atoms. The summed E-state index contributed by atoms with van der Waals surface area (Å²) < 4.78 is 5.65. The molecule has 0 radical (unpaired) electrons. The molecule has 2 N–H and O–H groups in total. The number of amides is 2. The Bertz CT molecular complexity index is 821. The number of anilines is 2. The number of rotatable bonds is 3. The third kappa shape index (κ3) is 4.14. The number of nitrogens with zero attached hydrogens (tertiary/aromatic N) is 1. The van der Waals surface area contributed by atoms with E-state index < -0.39 is 0 Å². The molecule has 0 bridgehead atoms. The van der Waals surface area contributed by atoms with E-state index in [1.54, 1.807) is 0 Å². The topological polar surface area (TPSA) is 53.6 Å². The summed E-state index contributed by atoms with van der Waals surface area (Å²) >= 11 is 6.48. The molecule has 5 nitrogen and oxygen atoms in total. The van der Waals surface area contributed by atoms with Gasteiger partial charge in [0, 0.05) is 30.8 Å². The normalized spacial score (nSPS) is 19.0. The fraction of sp³-hybridized carbons (Fsp3) is 0.381. The van der Waals surface area contributed by atoms with Crippen molar-refractivity contribution in [1.82, 2.24) is 5.32 Å². The Morgan fingerprint density at radius 2 is 1.93 bits per heavy atom. The number of ether oxygens (including phenoxy) is 1. The predicted molar refractivity (Wildman–Crippen MR) is 109 cm³/mol. The first-order valence-corrected chi connectivity index (χ1v) is 9.92. The van der Waals surface area contributed by atoms with Crippen molar-refractivity contribution in [2.45, 2.75) is 31.7 Å². The Balaban J connectivity index is 1.41. The summed E-state index contributed by atoms with van der Waals surface area (Å²) in [5.74, 6) is 0.836. The van der Waals surface area contributed by atoms with Crippen molar-refractivity contribution in [3.63, 3.8) is 0 Å². The van der Waals surface area contributed by atoms with Crippen LogP contribution in [0.25, 0.3) is 0 Å². The van der Waals surface area contributed by atoms with Crippen LogP contribution in [0, 0.1) is 0 Å². The molecule has 2 amide bonds. The number of carbonyl (C=O) groups is 1. The Hall–Kier alpha value is -2.40. The number of para-hydroxylation sites is 1. The maximum absolute atomic E-state index is 12.5. The highest BCUT2D eigenvalue weighted by Gasteiger charge is 2.22. The lowest BCUT2D eigenvalue weighted by Crippen LogP contribution is -2.35. The molecule has 2 aliphatic rings. The lowest BCUT2D eigenvalue weighted by atomic mass is 10.0. The maximum Gasteiger partial charge on any atom is 0.319 e. The fourth-order valence-corrected chi connectivity index (χ4v) is 4.09. The number of halogens is 1. The summed E-state index contributed by atoms with van der Waals surface area (Å²) in [7, 11) is 0. The predicted octanol–water partition coefficient (Wildman–Crippen LogP) is 4.98. The van der Waals surface area contributed by atoms with Crippen molar-refractivity contribution in [2.24, 2.45) is 0 Å². The van der Waals surface area contributed by atoms with E-state index in [1.165, 1.54) is 19.3 Å².